The van der Waals surface area contributed by atoms with Gasteiger partial charge in [0.05, 0.1) is 11.1 Å². The number of nitrogens with one attached hydrogen (secondary N) is 1. The van der Waals surface area contributed by atoms with Crippen molar-refractivity contribution in [2.24, 2.45) is 0 Å². The summed E-state index contributed by atoms with van der Waals surface area (Å²) in [6, 6.07) is 5.70. The van der Waals surface area contributed by atoms with E-state index in [-0.39, 0.29) is 6.04 Å². The van der Waals surface area contributed by atoms with Crippen molar-refractivity contribution in [2.45, 2.75) is 19.4 Å². The van der Waals surface area contributed by atoms with Crippen LogP contribution in [0.25, 0.3) is 0 Å². The molecule has 1 N–H and O–H groups in total. The number of aromatic nitrogens is 2. The van der Waals surface area contributed by atoms with Gasteiger partial charge in [-0.05, 0) is 48.3 Å². The van der Waals surface area contributed by atoms with Crippen LogP contribution >= 0.6 is 34.7 Å². The summed E-state index contributed by atoms with van der Waals surface area (Å²) in [6.45, 7) is 2.95. The molecule has 1 aromatic carbocycles. The molecule has 0 spiro atoms. The first kappa shape index (κ1) is 13.7. The van der Waals surface area contributed by atoms with Gasteiger partial charge >= 0.3 is 0 Å². The van der Waals surface area contributed by atoms with Crippen LogP contribution < -0.4 is 5.32 Å². The van der Waals surface area contributed by atoms with E-state index in [1.807, 2.05) is 12.1 Å². The van der Waals surface area contributed by atoms with Gasteiger partial charge in [-0.15, -0.1) is 5.10 Å². The van der Waals surface area contributed by atoms with Crippen molar-refractivity contribution in [3.63, 3.8) is 0 Å². The third-order valence-corrected chi connectivity index (χ3v) is 3.98. The second kappa shape index (κ2) is 6.48. The van der Waals surface area contributed by atoms with Crippen LogP contribution in [0, 0.1) is 0 Å². The summed E-state index contributed by atoms with van der Waals surface area (Å²) in [6.07, 6.45) is 2.56. The summed E-state index contributed by atoms with van der Waals surface area (Å²) in [4.78, 5) is 1.10. The smallest absolute Gasteiger partial charge is 0.0669 e. The van der Waals surface area contributed by atoms with E-state index in [0.717, 1.165) is 28.4 Å². The molecule has 18 heavy (non-hydrogen) atoms. The molecule has 96 valence electrons. The second-order valence-corrected chi connectivity index (χ2v) is 5.53. The lowest BCUT2D eigenvalue weighted by atomic mass is 10.0. The number of likely N-dealkylation sites (N-methyl/N-ethyl adjacent to an activating group) is 1. The van der Waals surface area contributed by atoms with Crippen molar-refractivity contribution in [1.82, 2.24) is 14.9 Å². The van der Waals surface area contributed by atoms with Gasteiger partial charge in [0.25, 0.3) is 0 Å². The highest BCUT2D eigenvalue weighted by atomic mass is 35.5. The minimum Gasteiger partial charge on any atom is -0.309 e. The molecule has 0 fully saturated rings. The fourth-order valence-electron chi connectivity index (χ4n) is 1.77. The lowest BCUT2D eigenvalue weighted by molar-refractivity contribution is 0.557. The Bertz CT molecular complexity index is 502. The van der Waals surface area contributed by atoms with Gasteiger partial charge < -0.3 is 5.32 Å². The third-order valence-electron chi connectivity index (χ3n) is 2.60. The summed E-state index contributed by atoms with van der Waals surface area (Å²) in [5, 5.41) is 8.72. The Hall–Kier alpha value is -0.680. The van der Waals surface area contributed by atoms with Crippen LogP contribution in [0.5, 0.6) is 0 Å². The first-order chi connectivity index (χ1) is 8.70. The lowest BCUT2D eigenvalue weighted by Crippen LogP contribution is -2.22. The van der Waals surface area contributed by atoms with Gasteiger partial charge in [0.15, 0.2) is 0 Å². The third kappa shape index (κ3) is 3.42. The number of benzene rings is 1. The van der Waals surface area contributed by atoms with E-state index in [1.54, 1.807) is 12.3 Å². The standard InChI is InChI=1S/C12H13Cl2N3S/c1-2-15-11(12-7-16-17-18-12)6-8-5-9(13)3-4-10(8)14/h3-5,7,11,15H,2,6H2,1H3. The Morgan fingerprint density at radius 2 is 2.22 bits per heavy atom. The highest BCUT2D eigenvalue weighted by molar-refractivity contribution is 7.05. The Balaban J connectivity index is 2.21. The summed E-state index contributed by atoms with van der Waals surface area (Å²) in [5.74, 6) is 0. The van der Waals surface area contributed by atoms with Crippen LogP contribution in [0.3, 0.4) is 0 Å². The molecule has 1 unspecified atom stereocenters. The fourth-order valence-corrected chi connectivity index (χ4v) is 2.73. The zero-order valence-corrected chi connectivity index (χ0v) is 12.2. The molecule has 1 atom stereocenters. The van der Waals surface area contributed by atoms with Crippen molar-refractivity contribution in [2.75, 3.05) is 6.54 Å². The Kier molecular flexibility index (Phi) is 4.95. The highest BCUT2D eigenvalue weighted by Crippen LogP contribution is 2.27. The molecule has 1 aromatic heterocycles. The Labute approximate surface area is 120 Å². The average molecular weight is 302 g/mol. The van der Waals surface area contributed by atoms with Gasteiger partial charge in [-0.25, -0.2) is 0 Å². The van der Waals surface area contributed by atoms with E-state index in [1.165, 1.54) is 11.5 Å². The monoisotopic (exact) mass is 301 g/mol. The van der Waals surface area contributed by atoms with E-state index in [2.05, 4.69) is 21.8 Å². The molecule has 2 rings (SSSR count). The normalized spacial score (nSPS) is 12.6. The van der Waals surface area contributed by atoms with E-state index in [0.29, 0.717) is 5.02 Å². The minimum absolute atomic E-state index is 0.172. The maximum atomic E-state index is 6.19. The molecule has 0 radical (unpaired) electrons. The molecular weight excluding hydrogens is 289 g/mol. The van der Waals surface area contributed by atoms with Crippen LogP contribution in [0.2, 0.25) is 10.0 Å². The fraction of sp³-hybridized carbons (Fsp3) is 0.333. The van der Waals surface area contributed by atoms with Gasteiger partial charge in [-0.3, -0.25) is 0 Å². The first-order valence-electron chi connectivity index (χ1n) is 5.65. The highest BCUT2D eigenvalue weighted by Gasteiger charge is 2.15. The zero-order chi connectivity index (χ0) is 13.0. The van der Waals surface area contributed by atoms with Gasteiger partial charge in [0, 0.05) is 16.1 Å². The van der Waals surface area contributed by atoms with E-state index in [4.69, 9.17) is 23.2 Å². The van der Waals surface area contributed by atoms with E-state index < -0.39 is 0 Å². The summed E-state index contributed by atoms with van der Waals surface area (Å²) in [7, 11) is 0. The Morgan fingerprint density at radius 3 is 2.89 bits per heavy atom. The van der Waals surface area contributed by atoms with Crippen LogP contribution in [0.4, 0.5) is 0 Å². The molecule has 6 heteroatoms. The molecule has 2 aromatic rings. The molecule has 3 nitrogen and oxygen atoms in total. The lowest BCUT2D eigenvalue weighted by Gasteiger charge is -2.16. The summed E-state index contributed by atoms with van der Waals surface area (Å²) >= 11 is 13.6. The Morgan fingerprint density at radius 1 is 1.39 bits per heavy atom. The quantitative estimate of drug-likeness (QED) is 0.914. The van der Waals surface area contributed by atoms with Crippen molar-refractivity contribution in [1.29, 1.82) is 0 Å². The number of nitrogens with zero attached hydrogens (tertiary/aromatic N) is 2. The predicted molar refractivity (Wildman–Crippen MR) is 76.5 cm³/mol. The molecule has 0 saturated carbocycles. The van der Waals surface area contributed by atoms with Crippen molar-refractivity contribution >= 4 is 34.7 Å². The average Bonchev–Trinajstić information content (AvgIpc) is 2.87. The topological polar surface area (TPSA) is 37.8 Å². The van der Waals surface area contributed by atoms with E-state index in [9.17, 15) is 0 Å². The van der Waals surface area contributed by atoms with Crippen molar-refractivity contribution in [3.8, 4) is 0 Å². The SMILES string of the molecule is CCNC(Cc1cc(Cl)ccc1Cl)c1cnns1. The van der Waals surface area contributed by atoms with Crippen LogP contribution in [-0.4, -0.2) is 16.1 Å². The van der Waals surface area contributed by atoms with Gasteiger partial charge in [0.2, 0.25) is 0 Å². The molecule has 1 heterocycles. The molecule has 0 aliphatic heterocycles. The molecule has 0 aliphatic rings. The molecule has 0 amide bonds. The van der Waals surface area contributed by atoms with Crippen LogP contribution in [0.15, 0.2) is 24.4 Å². The van der Waals surface area contributed by atoms with Crippen molar-refractivity contribution in [3.05, 3.63) is 44.9 Å². The molecular formula is C12H13Cl2N3S. The first-order valence-corrected chi connectivity index (χ1v) is 7.18. The number of halogens is 2. The van der Waals surface area contributed by atoms with Crippen molar-refractivity contribution < 1.29 is 0 Å². The molecule has 0 aliphatic carbocycles. The van der Waals surface area contributed by atoms with Crippen LogP contribution in [0.1, 0.15) is 23.4 Å². The largest absolute Gasteiger partial charge is 0.309 e. The number of hydrogen-bond acceptors (Lipinski definition) is 4. The summed E-state index contributed by atoms with van der Waals surface area (Å²) < 4.78 is 3.90. The molecule has 0 bridgehead atoms. The van der Waals surface area contributed by atoms with Crippen LogP contribution in [-0.2, 0) is 6.42 Å². The number of hydrogen-bond donors (Lipinski definition) is 1. The van der Waals surface area contributed by atoms with E-state index >= 15 is 0 Å². The van der Waals surface area contributed by atoms with Gasteiger partial charge in [-0.1, -0.05) is 34.6 Å². The number of rotatable bonds is 5. The predicted octanol–water partition coefficient (Wildman–Crippen LogP) is 3.74. The minimum atomic E-state index is 0.172. The maximum Gasteiger partial charge on any atom is 0.0669 e. The zero-order valence-electron chi connectivity index (χ0n) is 9.86. The molecule has 0 saturated heterocycles. The van der Waals surface area contributed by atoms with Gasteiger partial charge in [-0.2, -0.15) is 0 Å². The summed E-state index contributed by atoms with van der Waals surface area (Å²) in [5.41, 5.74) is 1.03. The van der Waals surface area contributed by atoms with Gasteiger partial charge in [0.1, 0.15) is 0 Å². The second-order valence-electron chi connectivity index (χ2n) is 3.87. The maximum absolute atomic E-state index is 6.19.